The second-order valence-electron chi connectivity index (χ2n) is 9.73. The van der Waals surface area contributed by atoms with E-state index in [1.54, 1.807) is 0 Å². The van der Waals surface area contributed by atoms with Crippen molar-refractivity contribution in [1.82, 2.24) is 9.80 Å². The van der Waals surface area contributed by atoms with Crippen LogP contribution in [0, 0.1) is 25.5 Å². The molecule has 0 unspecified atom stereocenters. The monoisotopic (exact) mass is 667 g/mol. The standard InChI is InChI=1S/C31H28N4O.Pt/c1-31(2)30-28-14-6-5-9-23(28)15-16-29(30)35(22-33(31)4)25-11-8-13-27(20-25)36-26-12-7-10-24(19-26)34-18-17-32(3)21-34;/h5-18,21-22H,1-4H3;/q-4;+4. The number of anilines is 3. The molecule has 5 nitrogen and oxygen atoms in total. The first-order valence-electron chi connectivity index (χ1n) is 12.1. The Bertz CT molecular complexity index is 1470. The van der Waals surface area contributed by atoms with Crippen LogP contribution in [-0.2, 0) is 26.6 Å². The molecule has 0 saturated carbocycles. The number of nitrogens with zero attached hydrogens (tertiary/aromatic N) is 4. The van der Waals surface area contributed by atoms with Gasteiger partial charge in [0.2, 0.25) is 0 Å². The van der Waals surface area contributed by atoms with E-state index in [1.165, 1.54) is 16.3 Å². The van der Waals surface area contributed by atoms with Crippen LogP contribution < -0.4 is 14.5 Å². The van der Waals surface area contributed by atoms with Crippen LogP contribution in [0.25, 0.3) is 10.8 Å². The Morgan fingerprint density at radius 2 is 1.46 bits per heavy atom. The predicted octanol–water partition coefficient (Wildman–Crippen LogP) is 7.01. The first-order chi connectivity index (χ1) is 17.4. The van der Waals surface area contributed by atoms with Gasteiger partial charge < -0.3 is 24.3 Å². The van der Waals surface area contributed by atoms with E-state index in [4.69, 9.17) is 4.74 Å². The summed E-state index contributed by atoms with van der Waals surface area (Å²) < 4.78 is 6.22. The Hall–Kier alpha value is -3.27. The molecule has 6 rings (SSSR count). The summed E-state index contributed by atoms with van der Waals surface area (Å²) in [6.45, 7) is 8.67. The second-order valence-corrected chi connectivity index (χ2v) is 9.73. The molecule has 0 saturated heterocycles. The van der Waals surface area contributed by atoms with Crippen molar-refractivity contribution in [2.24, 2.45) is 0 Å². The Balaban J connectivity index is 0.00000280. The number of hydrogen-bond acceptors (Lipinski definition) is 5. The topological polar surface area (TPSA) is 22.2 Å². The third-order valence-electron chi connectivity index (χ3n) is 6.98. The zero-order chi connectivity index (χ0) is 24.9. The predicted molar refractivity (Wildman–Crippen MR) is 145 cm³/mol. The first kappa shape index (κ1) is 25.4. The molecule has 0 amide bonds. The molecular weight excluding hydrogens is 639 g/mol. The minimum Gasteiger partial charge on any atom is -0.510 e. The van der Waals surface area contributed by atoms with E-state index in [-0.39, 0.29) is 26.6 Å². The molecule has 6 heteroatoms. The van der Waals surface area contributed by atoms with Gasteiger partial charge in [-0.1, -0.05) is 30.3 Å². The normalized spacial score (nSPS) is 16.6. The third kappa shape index (κ3) is 4.63. The number of benzene rings is 4. The van der Waals surface area contributed by atoms with Gasteiger partial charge in [0.1, 0.15) is 0 Å². The summed E-state index contributed by atoms with van der Waals surface area (Å²) in [6, 6.07) is 31.7. The zero-order valence-electron chi connectivity index (χ0n) is 21.3. The van der Waals surface area contributed by atoms with Crippen molar-refractivity contribution in [1.29, 1.82) is 0 Å². The molecule has 4 aromatic carbocycles. The van der Waals surface area contributed by atoms with Crippen molar-refractivity contribution in [2.75, 3.05) is 23.9 Å². The summed E-state index contributed by atoms with van der Waals surface area (Å²) in [6.07, 6.45) is 3.99. The van der Waals surface area contributed by atoms with E-state index >= 15 is 0 Å². The van der Waals surface area contributed by atoms with Crippen molar-refractivity contribution in [2.45, 2.75) is 19.4 Å². The quantitative estimate of drug-likeness (QED) is 0.218. The fraction of sp³-hybridized carbons (Fsp3) is 0.161. The summed E-state index contributed by atoms with van der Waals surface area (Å²) in [7, 11) is 4.12. The fourth-order valence-electron chi connectivity index (χ4n) is 4.85. The maximum absolute atomic E-state index is 6.22. The van der Waals surface area contributed by atoms with E-state index < -0.39 is 0 Å². The van der Waals surface area contributed by atoms with Gasteiger partial charge in [-0.3, -0.25) is 0 Å². The third-order valence-corrected chi connectivity index (χ3v) is 6.98. The van der Waals surface area contributed by atoms with Gasteiger partial charge in [0, 0.05) is 22.7 Å². The summed E-state index contributed by atoms with van der Waals surface area (Å²) in [5, 5.41) is 2.51. The Kier molecular flexibility index (Phi) is 6.78. The van der Waals surface area contributed by atoms with Crippen LogP contribution in [0.2, 0.25) is 0 Å². The van der Waals surface area contributed by atoms with Gasteiger partial charge in [-0.25, -0.2) is 0 Å². The van der Waals surface area contributed by atoms with E-state index in [0.717, 1.165) is 17.1 Å². The van der Waals surface area contributed by atoms with Crippen molar-refractivity contribution in [3.05, 3.63) is 116 Å². The van der Waals surface area contributed by atoms with Gasteiger partial charge in [-0.15, -0.1) is 47.8 Å². The van der Waals surface area contributed by atoms with Gasteiger partial charge in [0.15, 0.2) is 0 Å². The van der Waals surface area contributed by atoms with Crippen molar-refractivity contribution in [3.63, 3.8) is 0 Å². The Labute approximate surface area is 233 Å². The average Bonchev–Trinajstić information content (AvgIpc) is 3.32. The molecule has 2 heterocycles. The maximum Gasteiger partial charge on any atom is 4.00 e. The van der Waals surface area contributed by atoms with Crippen molar-refractivity contribution in [3.8, 4) is 11.5 Å². The van der Waals surface area contributed by atoms with Crippen LogP contribution in [0.5, 0.6) is 11.5 Å². The number of ether oxygens (including phenoxy) is 1. The average molecular weight is 668 g/mol. The minimum absolute atomic E-state index is 0. The molecule has 0 N–H and O–H groups in total. The molecule has 188 valence electrons. The molecule has 2 aliphatic rings. The zero-order valence-corrected chi connectivity index (χ0v) is 23.5. The van der Waals surface area contributed by atoms with Crippen LogP contribution >= 0.6 is 0 Å². The smallest absolute Gasteiger partial charge is 0.510 e. The van der Waals surface area contributed by atoms with Gasteiger partial charge in [-0.05, 0) is 62.7 Å². The summed E-state index contributed by atoms with van der Waals surface area (Å²) in [5.74, 6) is 1.28. The van der Waals surface area contributed by atoms with Crippen molar-refractivity contribution >= 4 is 27.8 Å². The van der Waals surface area contributed by atoms with E-state index in [9.17, 15) is 0 Å². The van der Waals surface area contributed by atoms with E-state index in [1.807, 2.05) is 66.2 Å². The molecular formula is C31H28N4OPt. The molecule has 0 aromatic heterocycles. The van der Waals surface area contributed by atoms with E-state index in [0.29, 0.717) is 11.5 Å². The van der Waals surface area contributed by atoms with Crippen molar-refractivity contribution < 1.29 is 25.8 Å². The summed E-state index contributed by atoms with van der Waals surface area (Å²) in [4.78, 5) is 8.46. The van der Waals surface area contributed by atoms with Crippen LogP contribution in [0.4, 0.5) is 17.1 Å². The number of hydrogen-bond donors (Lipinski definition) is 0. The molecule has 4 aromatic rings. The van der Waals surface area contributed by atoms with Gasteiger partial charge in [0.25, 0.3) is 0 Å². The maximum atomic E-state index is 6.22. The number of rotatable bonds is 4. The van der Waals surface area contributed by atoms with Crippen LogP contribution in [0.15, 0.2) is 85.2 Å². The number of fused-ring (bicyclic) bond motifs is 3. The minimum atomic E-state index is -0.161. The molecule has 0 spiro atoms. The Morgan fingerprint density at radius 1 is 0.757 bits per heavy atom. The molecule has 0 fully saturated rings. The largest absolute Gasteiger partial charge is 4.00 e. The fourth-order valence-corrected chi connectivity index (χ4v) is 4.85. The van der Waals surface area contributed by atoms with E-state index in [2.05, 4.69) is 92.0 Å². The molecule has 0 aliphatic carbocycles. The SMILES string of the molecule is CN1C=CN(c2[c-]c(Oc3[c-]c(N4[CH-]N(C)C(C)(C)c5c4ccc4ccccc54)ccc3)ccc2)[CH-]1.[Pt+4]. The second kappa shape index (κ2) is 9.89. The summed E-state index contributed by atoms with van der Waals surface area (Å²) >= 11 is 0. The molecule has 0 atom stereocenters. The molecule has 0 bridgehead atoms. The Morgan fingerprint density at radius 3 is 2.19 bits per heavy atom. The van der Waals surface area contributed by atoms with Crippen LogP contribution in [0.3, 0.4) is 0 Å². The van der Waals surface area contributed by atoms with Gasteiger partial charge in [0.05, 0.1) is 0 Å². The molecule has 0 radical (unpaired) electrons. The van der Waals surface area contributed by atoms with Crippen LogP contribution in [-0.4, -0.2) is 23.9 Å². The first-order valence-corrected chi connectivity index (χ1v) is 12.1. The van der Waals surface area contributed by atoms with Gasteiger partial charge in [-0.2, -0.15) is 25.5 Å². The molecule has 2 aliphatic heterocycles. The molecule has 37 heavy (non-hydrogen) atoms. The summed E-state index contributed by atoms with van der Waals surface area (Å²) in [5.41, 5.74) is 4.12. The van der Waals surface area contributed by atoms with Gasteiger partial charge >= 0.3 is 21.1 Å². The van der Waals surface area contributed by atoms with Crippen LogP contribution in [0.1, 0.15) is 19.4 Å².